The van der Waals surface area contributed by atoms with Crippen LogP contribution in [0.4, 0.5) is 0 Å². The summed E-state index contributed by atoms with van der Waals surface area (Å²) in [6, 6.07) is 5.96. The smallest absolute Gasteiger partial charge is 0.133 e. The number of aromatic nitrogens is 2. The normalized spacial score (nSPS) is 19.3. The number of aryl methyl sites for hydroxylation is 1. The van der Waals surface area contributed by atoms with Gasteiger partial charge in [0.15, 0.2) is 0 Å². The molecule has 1 aromatic carbocycles. The molecule has 1 aromatic heterocycles. The van der Waals surface area contributed by atoms with Gasteiger partial charge in [-0.05, 0) is 32.0 Å². The van der Waals surface area contributed by atoms with E-state index >= 15 is 0 Å². The van der Waals surface area contributed by atoms with Gasteiger partial charge in [0, 0.05) is 29.6 Å². The lowest BCUT2D eigenvalue weighted by Gasteiger charge is -2.10. The number of rotatable bonds is 2. The van der Waals surface area contributed by atoms with Crippen LogP contribution in [-0.2, 0) is 0 Å². The zero-order chi connectivity index (χ0) is 12.5. The predicted molar refractivity (Wildman–Crippen MR) is 71.1 cm³/mol. The molecule has 0 saturated carbocycles. The number of benzene rings is 1. The van der Waals surface area contributed by atoms with E-state index in [0.717, 1.165) is 47.7 Å². The van der Waals surface area contributed by atoms with Gasteiger partial charge in [-0.1, -0.05) is 0 Å². The first-order chi connectivity index (χ1) is 8.78. The topological polar surface area (TPSA) is 47.0 Å². The van der Waals surface area contributed by atoms with Crippen molar-refractivity contribution in [3.63, 3.8) is 0 Å². The molecule has 94 valence electrons. The van der Waals surface area contributed by atoms with E-state index in [4.69, 9.17) is 9.72 Å². The molecule has 18 heavy (non-hydrogen) atoms. The van der Waals surface area contributed by atoms with Gasteiger partial charge >= 0.3 is 0 Å². The van der Waals surface area contributed by atoms with E-state index in [9.17, 15) is 0 Å². The van der Waals surface area contributed by atoms with Gasteiger partial charge in [-0.3, -0.25) is 0 Å². The molecule has 1 N–H and O–H groups in total. The molecule has 4 heteroatoms. The second kappa shape index (κ2) is 4.53. The average molecular weight is 243 g/mol. The van der Waals surface area contributed by atoms with Crippen molar-refractivity contribution in [1.82, 2.24) is 15.3 Å². The molecule has 1 atom stereocenters. The molecule has 0 bridgehead atoms. The molecule has 2 aromatic rings. The van der Waals surface area contributed by atoms with Crippen LogP contribution in [0.1, 0.15) is 23.9 Å². The van der Waals surface area contributed by atoms with Crippen LogP contribution in [0.15, 0.2) is 18.2 Å². The number of fused-ring (bicyclic) bond motifs is 1. The Morgan fingerprint density at radius 2 is 2.22 bits per heavy atom. The highest BCUT2D eigenvalue weighted by molar-refractivity contribution is 5.82. The van der Waals surface area contributed by atoms with Crippen molar-refractivity contribution in [3.8, 4) is 5.75 Å². The number of nitrogens with zero attached hydrogens (tertiary/aromatic N) is 2. The Hall–Kier alpha value is -1.68. The lowest BCUT2D eigenvalue weighted by molar-refractivity contribution is 0.415. The Morgan fingerprint density at radius 3 is 2.94 bits per heavy atom. The van der Waals surface area contributed by atoms with E-state index in [1.807, 2.05) is 25.1 Å². The Kier molecular flexibility index (Phi) is 2.88. The van der Waals surface area contributed by atoms with Gasteiger partial charge in [-0.15, -0.1) is 0 Å². The first-order valence-electron chi connectivity index (χ1n) is 6.31. The van der Waals surface area contributed by atoms with Gasteiger partial charge in [0.1, 0.15) is 11.6 Å². The highest BCUT2D eigenvalue weighted by Crippen LogP contribution is 2.25. The van der Waals surface area contributed by atoms with Crippen molar-refractivity contribution in [2.24, 2.45) is 0 Å². The van der Waals surface area contributed by atoms with E-state index in [2.05, 4.69) is 10.3 Å². The zero-order valence-corrected chi connectivity index (χ0v) is 10.7. The van der Waals surface area contributed by atoms with Crippen molar-refractivity contribution in [3.05, 3.63) is 29.7 Å². The highest BCUT2D eigenvalue weighted by atomic mass is 16.5. The monoisotopic (exact) mass is 243 g/mol. The fourth-order valence-corrected chi connectivity index (χ4v) is 2.47. The summed E-state index contributed by atoms with van der Waals surface area (Å²) in [5.41, 5.74) is 2.02. The van der Waals surface area contributed by atoms with E-state index in [-0.39, 0.29) is 0 Å². The number of hydrogen-bond donors (Lipinski definition) is 1. The van der Waals surface area contributed by atoms with Gasteiger partial charge in [0.05, 0.1) is 12.6 Å². The third kappa shape index (κ3) is 1.93. The largest absolute Gasteiger partial charge is 0.497 e. The summed E-state index contributed by atoms with van der Waals surface area (Å²) >= 11 is 0. The molecule has 4 nitrogen and oxygen atoms in total. The molecule has 2 heterocycles. The number of nitrogens with one attached hydrogen (secondary N) is 1. The maximum atomic E-state index is 5.25. The van der Waals surface area contributed by atoms with Gasteiger partial charge in [0.2, 0.25) is 0 Å². The summed E-state index contributed by atoms with van der Waals surface area (Å²) in [7, 11) is 1.68. The van der Waals surface area contributed by atoms with Crippen LogP contribution >= 0.6 is 0 Å². The highest BCUT2D eigenvalue weighted by Gasteiger charge is 2.20. The fraction of sp³-hybridized carbons (Fsp3) is 0.429. The quantitative estimate of drug-likeness (QED) is 0.876. The molecular formula is C14H17N3O. The van der Waals surface area contributed by atoms with E-state index in [1.54, 1.807) is 7.11 Å². The molecule has 0 amide bonds. The molecule has 3 rings (SSSR count). The minimum Gasteiger partial charge on any atom is -0.497 e. The zero-order valence-electron chi connectivity index (χ0n) is 10.7. The average Bonchev–Trinajstić information content (AvgIpc) is 2.91. The molecular weight excluding hydrogens is 226 g/mol. The Bertz CT molecular complexity index is 577. The first kappa shape index (κ1) is 11.4. The van der Waals surface area contributed by atoms with Crippen LogP contribution in [0.3, 0.4) is 0 Å². The molecule has 0 aliphatic carbocycles. The molecule has 1 saturated heterocycles. The van der Waals surface area contributed by atoms with Gasteiger partial charge < -0.3 is 10.1 Å². The summed E-state index contributed by atoms with van der Waals surface area (Å²) in [6.45, 7) is 4.08. The molecule has 1 aliphatic rings. The SMILES string of the molecule is COc1ccc2c(C)nc(C3CCNC3)nc2c1. The van der Waals surface area contributed by atoms with Crippen LogP contribution in [-0.4, -0.2) is 30.2 Å². The molecule has 1 aliphatic heterocycles. The van der Waals surface area contributed by atoms with Crippen molar-refractivity contribution < 1.29 is 4.74 Å². The summed E-state index contributed by atoms with van der Waals surface area (Å²) in [4.78, 5) is 9.34. The number of methoxy groups -OCH3 is 1. The Morgan fingerprint density at radius 1 is 1.33 bits per heavy atom. The van der Waals surface area contributed by atoms with Crippen molar-refractivity contribution in [2.45, 2.75) is 19.3 Å². The van der Waals surface area contributed by atoms with Crippen LogP contribution in [0.25, 0.3) is 10.9 Å². The lowest BCUT2D eigenvalue weighted by atomic mass is 10.1. The number of ether oxygens (including phenoxy) is 1. The summed E-state index contributed by atoms with van der Waals surface area (Å²) in [5, 5.41) is 4.46. The van der Waals surface area contributed by atoms with Crippen molar-refractivity contribution in [2.75, 3.05) is 20.2 Å². The van der Waals surface area contributed by atoms with E-state index in [1.165, 1.54) is 0 Å². The summed E-state index contributed by atoms with van der Waals surface area (Å²) < 4.78 is 5.25. The van der Waals surface area contributed by atoms with Crippen LogP contribution < -0.4 is 10.1 Å². The van der Waals surface area contributed by atoms with Gasteiger partial charge in [-0.25, -0.2) is 9.97 Å². The molecule has 0 spiro atoms. The molecule has 0 radical (unpaired) electrons. The van der Waals surface area contributed by atoms with Crippen molar-refractivity contribution in [1.29, 1.82) is 0 Å². The minimum absolute atomic E-state index is 0.444. The van der Waals surface area contributed by atoms with E-state index in [0.29, 0.717) is 5.92 Å². The van der Waals surface area contributed by atoms with Crippen LogP contribution in [0, 0.1) is 6.92 Å². The number of hydrogen-bond acceptors (Lipinski definition) is 4. The van der Waals surface area contributed by atoms with E-state index < -0.39 is 0 Å². The molecule has 1 unspecified atom stereocenters. The second-order valence-electron chi connectivity index (χ2n) is 4.74. The third-order valence-corrected chi connectivity index (χ3v) is 3.54. The lowest BCUT2D eigenvalue weighted by Crippen LogP contribution is -2.11. The Labute approximate surface area is 106 Å². The van der Waals surface area contributed by atoms with Crippen LogP contribution in [0.2, 0.25) is 0 Å². The minimum atomic E-state index is 0.444. The second-order valence-corrected chi connectivity index (χ2v) is 4.74. The van der Waals surface area contributed by atoms with Crippen molar-refractivity contribution >= 4 is 10.9 Å². The molecule has 1 fully saturated rings. The summed E-state index contributed by atoms with van der Waals surface area (Å²) in [5.74, 6) is 2.24. The standard InChI is InChI=1S/C14H17N3O/c1-9-12-4-3-11(18-2)7-13(12)17-14(16-9)10-5-6-15-8-10/h3-4,7,10,15H,5-6,8H2,1-2H3. The van der Waals surface area contributed by atoms with Gasteiger partial charge in [-0.2, -0.15) is 0 Å². The predicted octanol–water partition coefficient (Wildman–Crippen LogP) is 2.02. The third-order valence-electron chi connectivity index (χ3n) is 3.54. The van der Waals surface area contributed by atoms with Crippen LogP contribution in [0.5, 0.6) is 5.75 Å². The maximum Gasteiger partial charge on any atom is 0.133 e. The maximum absolute atomic E-state index is 5.25. The Balaban J connectivity index is 2.11. The first-order valence-corrected chi connectivity index (χ1v) is 6.31. The fourth-order valence-electron chi connectivity index (χ4n) is 2.47. The van der Waals surface area contributed by atoms with Gasteiger partial charge in [0.25, 0.3) is 0 Å². The summed E-state index contributed by atoms with van der Waals surface area (Å²) in [6.07, 6.45) is 1.12.